The first-order valence-corrected chi connectivity index (χ1v) is 12.1. The minimum atomic E-state index is -0.00906. The standard InChI is InChI=1S/C22H30N4O3S/c27-20-5-1-3-18-16-11-15(13-26(18)20)12-25(14-16)22(29)24-8-6-17(7-9-24)23-21(28)19-4-2-10-30-19/h2,4,10,15-18H,1,3,5-9,11-14H2,(H,23,28)/t15-,16-,18-/m1/s1. The van der Waals surface area contributed by atoms with Crippen LogP contribution in [-0.4, -0.2) is 77.4 Å². The summed E-state index contributed by atoms with van der Waals surface area (Å²) in [7, 11) is 0. The third kappa shape index (κ3) is 3.82. The van der Waals surface area contributed by atoms with E-state index in [2.05, 4.69) is 10.2 Å². The summed E-state index contributed by atoms with van der Waals surface area (Å²) in [5.41, 5.74) is 0. The molecular formula is C22H30N4O3S. The van der Waals surface area contributed by atoms with Gasteiger partial charge in [-0.1, -0.05) is 6.07 Å². The molecular weight excluding hydrogens is 400 g/mol. The molecule has 4 aliphatic rings. The van der Waals surface area contributed by atoms with Crippen molar-refractivity contribution >= 4 is 29.2 Å². The quantitative estimate of drug-likeness (QED) is 0.783. The van der Waals surface area contributed by atoms with Gasteiger partial charge in [-0.2, -0.15) is 0 Å². The number of rotatable bonds is 2. The van der Waals surface area contributed by atoms with Crippen molar-refractivity contribution in [2.24, 2.45) is 11.8 Å². The van der Waals surface area contributed by atoms with E-state index in [1.54, 1.807) is 0 Å². The summed E-state index contributed by atoms with van der Waals surface area (Å²) >= 11 is 1.45. The number of likely N-dealkylation sites (tertiary alicyclic amines) is 2. The molecule has 5 heterocycles. The van der Waals surface area contributed by atoms with Crippen LogP contribution in [0.2, 0.25) is 0 Å². The predicted octanol–water partition coefficient (Wildman–Crippen LogP) is 2.40. The summed E-state index contributed by atoms with van der Waals surface area (Å²) in [4.78, 5) is 44.6. The molecule has 7 nitrogen and oxygen atoms in total. The van der Waals surface area contributed by atoms with Gasteiger partial charge in [-0.25, -0.2) is 4.79 Å². The maximum Gasteiger partial charge on any atom is 0.320 e. The molecule has 0 saturated carbocycles. The Morgan fingerprint density at radius 3 is 2.67 bits per heavy atom. The first-order valence-electron chi connectivity index (χ1n) is 11.3. The highest BCUT2D eigenvalue weighted by molar-refractivity contribution is 7.12. The normalized spacial score (nSPS) is 29.5. The smallest absolute Gasteiger partial charge is 0.320 e. The number of hydrogen-bond acceptors (Lipinski definition) is 4. The number of fused-ring (bicyclic) bond motifs is 4. The Balaban J connectivity index is 1.15. The molecule has 4 amide bonds. The Kier molecular flexibility index (Phi) is 5.43. The van der Waals surface area contributed by atoms with E-state index in [1.807, 2.05) is 27.3 Å². The maximum absolute atomic E-state index is 13.2. The van der Waals surface area contributed by atoms with Gasteiger partial charge in [-0.15, -0.1) is 11.3 Å². The lowest BCUT2D eigenvalue weighted by Gasteiger charge is -2.53. The highest BCUT2D eigenvalue weighted by Gasteiger charge is 2.45. The number of hydrogen-bond donors (Lipinski definition) is 1. The molecule has 0 spiro atoms. The number of nitrogens with one attached hydrogen (secondary N) is 1. The van der Waals surface area contributed by atoms with Crippen LogP contribution >= 0.6 is 11.3 Å². The second-order valence-corrected chi connectivity index (χ2v) is 10.2. The molecule has 2 bridgehead atoms. The van der Waals surface area contributed by atoms with Crippen LogP contribution in [0.1, 0.15) is 48.2 Å². The minimum absolute atomic E-state index is 0.00906. The van der Waals surface area contributed by atoms with E-state index >= 15 is 0 Å². The molecule has 1 aromatic rings. The molecule has 30 heavy (non-hydrogen) atoms. The molecule has 0 radical (unpaired) electrons. The van der Waals surface area contributed by atoms with Crippen LogP contribution in [0.5, 0.6) is 0 Å². The molecule has 162 valence electrons. The molecule has 1 aromatic heterocycles. The zero-order chi connectivity index (χ0) is 20.7. The summed E-state index contributed by atoms with van der Waals surface area (Å²) in [6.07, 6.45) is 5.51. The third-order valence-electron chi connectivity index (χ3n) is 7.30. The van der Waals surface area contributed by atoms with Crippen LogP contribution in [-0.2, 0) is 4.79 Å². The second kappa shape index (κ2) is 8.21. The average Bonchev–Trinajstić information content (AvgIpc) is 3.30. The number of piperidine rings is 4. The van der Waals surface area contributed by atoms with Gasteiger partial charge in [0.2, 0.25) is 5.91 Å². The van der Waals surface area contributed by atoms with Gasteiger partial charge >= 0.3 is 6.03 Å². The molecule has 0 unspecified atom stereocenters. The van der Waals surface area contributed by atoms with Gasteiger partial charge in [-0.05, 0) is 55.4 Å². The van der Waals surface area contributed by atoms with Crippen molar-refractivity contribution in [2.45, 2.75) is 50.6 Å². The monoisotopic (exact) mass is 430 g/mol. The van der Waals surface area contributed by atoms with E-state index in [4.69, 9.17) is 0 Å². The van der Waals surface area contributed by atoms with Gasteiger partial charge in [0, 0.05) is 51.2 Å². The Morgan fingerprint density at radius 1 is 1.07 bits per heavy atom. The average molecular weight is 431 g/mol. The Labute approximate surface area is 181 Å². The number of amides is 4. The summed E-state index contributed by atoms with van der Waals surface area (Å²) in [6.45, 7) is 3.74. The summed E-state index contributed by atoms with van der Waals surface area (Å²) < 4.78 is 0. The zero-order valence-corrected chi connectivity index (χ0v) is 18.1. The SMILES string of the molecule is O=C(NC1CCN(C(=O)N2C[C@H]3C[C@H](C2)[C@H]2CCCC(=O)N2C3)CC1)c1cccs1. The van der Waals surface area contributed by atoms with Crippen LogP contribution in [0.3, 0.4) is 0 Å². The molecule has 3 atom stereocenters. The second-order valence-electron chi connectivity index (χ2n) is 9.27. The largest absolute Gasteiger partial charge is 0.348 e. The minimum Gasteiger partial charge on any atom is -0.348 e. The molecule has 0 aliphatic carbocycles. The molecule has 8 heteroatoms. The van der Waals surface area contributed by atoms with Crippen molar-refractivity contribution in [1.29, 1.82) is 0 Å². The van der Waals surface area contributed by atoms with Crippen LogP contribution in [0.4, 0.5) is 4.79 Å². The van der Waals surface area contributed by atoms with E-state index in [1.165, 1.54) is 11.3 Å². The molecule has 1 N–H and O–H groups in total. The van der Waals surface area contributed by atoms with Crippen LogP contribution < -0.4 is 5.32 Å². The summed E-state index contributed by atoms with van der Waals surface area (Å²) in [5, 5.41) is 5.02. The Hall–Kier alpha value is -2.09. The van der Waals surface area contributed by atoms with E-state index in [9.17, 15) is 14.4 Å². The van der Waals surface area contributed by atoms with E-state index < -0.39 is 0 Å². The van der Waals surface area contributed by atoms with Crippen molar-refractivity contribution in [1.82, 2.24) is 20.0 Å². The van der Waals surface area contributed by atoms with E-state index in [-0.39, 0.29) is 18.0 Å². The first kappa shape index (κ1) is 19.8. The highest BCUT2D eigenvalue weighted by Crippen LogP contribution is 2.38. The Morgan fingerprint density at radius 2 is 1.90 bits per heavy atom. The summed E-state index contributed by atoms with van der Waals surface area (Å²) in [6, 6.07) is 4.33. The fourth-order valence-electron chi connectivity index (χ4n) is 5.85. The van der Waals surface area contributed by atoms with Crippen LogP contribution in [0.25, 0.3) is 0 Å². The number of urea groups is 1. The Bertz CT molecular complexity index is 805. The van der Waals surface area contributed by atoms with Gasteiger partial charge in [0.25, 0.3) is 5.91 Å². The van der Waals surface area contributed by atoms with E-state index in [0.717, 1.165) is 56.6 Å². The molecule has 5 rings (SSSR count). The zero-order valence-electron chi connectivity index (χ0n) is 17.3. The fraction of sp³-hybridized carbons (Fsp3) is 0.682. The lowest BCUT2D eigenvalue weighted by atomic mass is 9.76. The lowest BCUT2D eigenvalue weighted by Crippen LogP contribution is -2.62. The van der Waals surface area contributed by atoms with Crippen LogP contribution in [0, 0.1) is 11.8 Å². The highest BCUT2D eigenvalue weighted by atomic mass is 32.1. The first-order chi connectivity index (χ1) is 14.6. The molecule has 0 aromatic carbocycles. The molecule has 4 saturated heterocycles. The molecule has 4 fully saturated rings. The van der Waals surface area contributed by atoms with Gasteiger partial charge in [-0.3, -0.25) is 9.59 Å². The van der Waals surface area contributed by atoms with Crippen LogP contribution in [0.15, 0.2) is 17.5 Å². The van der Waals surface area contributed by atoms with Gasteiger partial charge in [0.1, 0.15) is 0 Å². The van der Waals surface area contributed by atoms with Gasteiger partial charge < -0.3 is 20.0 Å². The van der Waals surface area contributed by atoms with Gasteiger partial charge in [0.15, 0.2) is 0 Å². The van der Waals surface area contributed by atoms with Crippen molar-refractivity contribution in [3.8, 4) is 0 Å². The fourth-order valence-corrected chi connectivity index (χ4v) is 6.47. The third-order valence-corrected chi connectivity index (χ3v) is 8.16. The topological polar surface area (TPSA) is 73.0 Å². The number of nitrogens with zero attached hydrogens (tertiary/aromatic N) is 3. The van der Waals surface area contributed by atoms with Gasteiger partial charge in [0.05, 0.1) is 4.88 Å². The lowest BCUT2D eigenvalue weighted by molar-refractivity contribution is -0.144. The molecule has 4 aliphatic heterocycles. The van der Waals surface area contributed by atoms with E-state index in [0.29, 0.717) is 43.3 Å². The van der Waals surface area contributed by atoms with Crippen molar-refractivity contribution in [3.05, 3.63) is 22.4 Å². The van der Waals surface area contributed by atoms with Crippen molar-refractivity contribution in [3.63, 3.8) is 0 Å². The maximum atomic E-state index is 13.2. The number of carbonyl (C=O) groups excluding carboxylic acids is 3. The van der Waals surface area contributed by atoms with Crippen molar-refractivity contribution in [2.75, 3.05) is 32.7 Å². The van der Waals surface area contributed by atoms with Crippen molar-refractivity contribution < 1.29 is 14.4 Å². The summed E-state index contributed by atoms with van der Waals surface area (Å²) in [5.74, 6) is 1.14. The number of carbonyl (C=O) groups is 3. The number of thiophene rings is 1. The predicted molar refractivity (Wildman–Crippen MR) is 114 cm³/mol.